The summed E-state index contributed by atoms with van der Waals surface area (Å²) >= 11 is 0. The lowest BCUT2D eigenvalue weighted by molar-refractivity contribution is 0.504. The minimum atomic E-state index is 0. The molecule has 3 aliphatic rings. The molecule has 0 bridgehead atoms. The first-order valence-electron chi connectivity index (χ1n) is 18.0. The van der Waals surface area contributed by atoms with Gasteiger partial charge in [-0.3, -0.25) is 0 Å². The average molecular weight is 537 g/mol. The molecular formula is C38H80. The summed E-state index contributed by atoms with van der Waals surface area (Å²) in [6.45, 7) is 0. The van der Waals surface area contributed by atoms with Gasteiger partial charge in [-0.25, -0.2) is 0 Å². The Labute approximate surface area is 245 Å². The van der Waals surface area contributed by atoms with Crippen molar-refractivity contribution in [1.82, 2.24) is 0 Å². The molecule has 0 radical (unpaired) electrons. The van der Waals surface area contributed by atoms with Crippen molar-refractivity contribution in [3.63, 3.8) is 0 Å². The molecule has 0 aromatic heterocycles. The molecule has 0 heteroatoms. The first-order chi connectivity index (χ1) is 18.0. The summed E-state index contributed by atoms with van der Waals surface area (Å²) in [4.78, 5) is 0. The first-order valence-corrected chi connectivity index (χ1v) is 18.0. The van der Waals surface area contributed by atoms with E-state index in [0.717, 1.165) is 0 Å². The van der Waals surface area contributed by atoms with Crippen LogP contribution in [-0.2, 0) is 0 Å². The molecule has 0 saturated heterocycles. The molecule has 0 heterocycles. The third-order valence-electron chi connectivity index (χ3n) is 9.00. The Bertz CT molecular complexity index is 186. The summed E-state index contributed by atoms with van der Waals surface area (Å²) in [5, 5.41) is 0. The van der Waals surface area contributed by atoms with Crippen LogP contribution >= 0.6 is 0 Å². The fourth-order valence-electron chi connectivity index (χ4n) is 6.36. The Morgan fingerprint density at radius 2 is 0.105 bits per heavy atom. The first kappa shape index (κ1) is 40.1. The molecule has 38 heavy (non-hydrogen) atoms. The van der Waals surface area contributed by atoms with Gasteiger partial charge in [0.15, 0.2) is 0 Å². The monoisotopic (exact) mass is 537 g/mol. The van der Waals surface area contributed by atoms with Crippen LogP contribution in [0.5, 0.6) is 0 Å². The normalized spacial score (nSPS) is 22.7. The second-order valence-corrected chi connectivity index (χ2v) is 12.7. The third kappa shape index (κ3) is 34.0. The van der Waals surface area contributed by atoms with Crippen LogP contribution in [-0.4, -0.2) is 0 Å². The SMILES string of the molecule is C.C.C1CCCCCCCCCCC1.C1CCCCCCCCCCC1.C1CCCCCCCCCCC1. The van der Waals surface area contributed by atoms with Crippen molar-refractivity contribution in [2.75, 3.05) is 0 Å². The van der Waals surface area contributed by atoms with Crippen LogP contribution in [0.1, 0.15) is 246 Å². The molecule has 232 valence electrons. The van der Waals surface area contributed by atoms with E-state index in [1.807, 2.05) is 0 Å². The third-order valence-corrected chi connectivity index (χ3v) is 9.00. The summed E-state index contributed by atoms with van der Waals surface area (Å²) < 4.78 is 0. The lowest BCUT2D eigenvalue weighted by Gasteiger charge is -2.05. The van der Waals surface area contributed by atoms with E-state index in [1.165, 1.54) is 231 Å². The zero-order valence-electron chi connectivity index (χ0n) is 25.5. The fraction of sp³-hybridized carbons (Fsp3) is 1.00. The highest BCUT2D eigenvalue weighted by atomic mass is 14.0. The van der Waals surface area contributed by atoms with Crippen LogP contribution in [0.25, 0.3) is 0 Å². The van der Waals surface area contributed by atoms with Crippen molar-refractivity contribution < 1.29 is 0 Å². The minimum absolute atomic E-state index is 0. The zero-order valence-corrected chi connectivity index (χ0v) is 25.5. The van der Waals surface area contributed by atoms with Gasteiger partial charge in [0.25, 0.3) is 0 Å². The molecule has 3 saturated carbocycles. The number of hydrogen-bond acceptors (Lipinski definition) is 0. The van der Waals surface area contributed by atoms with Crippen molar-refractivity contribution in [3.8, 4) is 0 Å². The standard InChI is InChI=1S/3C12H24.2CH4/c3*1-2-4-6-8-10-12-11-9-7-5-3-1;;/h3*1-12H2;2*1H4. The molecule has 0 N–H and O–H groups in total. The zero-order chi connectivity index (χ0) is 25.5. The predicted octanol–water partition coefficient (Wildman–Crippen LogP) is 15.3. The summed E-state index contributed by atoms with van der Waals surface area (Å²) in [5.74, 6) is 0. The van der Waals surface area contributed by atoms with E-state index in [1.54, 1.807) is 0 Å². The molecule has 3 rings (SSSR count). The topological polar surface area (TPSA) is 0 Å². The quantitative estimate of drug-likeness (QED) is 0.289. The fourth-order valence-corrected chi connectivity index (χ4v) is 6.36. The Morgan fingerprint density at radius 1 is 0.0789 bits per heavy atom. The van der Waals surface area contributed by atoms with Crippen LogP contribution in [0.2, 0.25) is 0 Å². The van der Waals surface area contributed by atoms with Crippen LogP contribution in [0.15, 0.2) is 0 Å². The summed E-state index contributed by atoms with van der Waals surface area (Å²) in [5.41, 5.74) is 0. The van der Waals surface area contributed by atoms with E-state index in [0.29, 0.717) is 0 Å². The Kier molecular flexibility index (Phi) is 39.1. The van der Waals surface area contributed by atoms with Crippen molar-refractivity contribution in [2.24, 2.45) is 0 Å². The molecule has 0 atom stereocenters. The molecule has 0 aliphatic heterocycles. The predicted molar refractivity (Wildman–Crippen MR) is 180 cm³/mol. The van der Waals surface area contributed by atoms with E-state index < -0.39 is 0 Å². The van der Waals surface area contributed by atoms with E-state index in [2.05, 4.69) is 0 Å². The minimum Gasteiger partial charge on any atom is -0.0776 e. The summed E-state index contributed by atoms with van der Waals surface area (Å²) in [7, 11) is 0. The van der Waals surface area contributed by atoms with Crippen LogP contribution in [0, 0.1) is 0 Å². The van der Waals surface area contributed by atoms with Crippen molar-refractivity contribution in [1.29, 1.82) is 0 Å². The molecule has 0 nitrogen and oxygen atoms in total. The van der Waals surface area contributed by atoms with Gasteiger partial charge in [-0.1, -0.05) is 246 Å². The molecule has 3 aliphatic carbocycles. The molecular weight excluding hydrogens is 456 g/mol. The van der Waals surface area contributed by atoms with Gasteiger partial charge in [-0.05, 0) is 0 Å². The largest absolute Gasteiger partial charge is 0.0776 e. The van der Waals surface area contributed by atoms with E-state index in [-0.39, 0.29) is 14.9 Å². The number of hydrogen-bond donors (Lipinski definition) is 0. The van der Waals surface area contributed by atoms with Gasteiger partial charge < -0.3 is 0 Å². The van der Waals surface area contributed by atoms with Crippen LogP contribution in [0.3, 0.4) is 0 Å². The molecule has 3 fully saturated rings. The van der Waals surface area contributed by atoms with Gasteiger partial charge in [0.05, 0.1) is 0 Å². The molecule has 0 spiro atoms. The van der Waals surface area contributed by atoms with Gasteiger partial charge in [-0.2, -0.15) is 0 Å². The second-order valence-electron chi connectivity index (χ2n) is 12.7. The van der Waals surface area contributed by atoms with Gasteiger partial charge in [-0.15, -0.1) is 0 Å². The van der Waals surface area contributed by atoms with E-state index in [4.69, 9.17) is 0 Å². The van der Waals surface area contributed by atoms with E-state index >= 15 is 0 Å². The van der Waals surface area contributed by atoms with Crippen molar-refractivity contribution >= 4 is 0 Å². The maximum atomic E-state index is 1.50. The highest BCUT2D eigenvalue weighted by Crippen LogP contribution is 2.18. The van der Waals surface area contributed by atoms with Crippen LogP contribution in [0.4, 0.5) is 0 Å². The maximum Gasteiger partial charge on any atom is -0.0533 e. The van der Waals surface area contributed by atoms with Crippen molar-refractivity contribution in [3.05, 3.63) is 0 Å². The van der Waals surface area contributed by atoms with Gasteiger partial charge in [0, 0.05) is 0 Å². The Morgan fingerprint density at radius 3 is 0.132 bits per heavy atom. The Balaban J connectivity index is 0. The summed E-state index contributed by atoms with van der Waals surface area (Å²) in [6.07, 6.45) is 54.0. The highest BCUT2D eigenvalue weighted by Gasteiger charge is 1.98. The molecule has 0 aromatic carbocycles. The van der Waals surface area contributed by atoms with Crippen molar-refractivity contribution in [2.45, 2.75) is 246 Å². The molecule has 0 amide bonds. The van der Waals surface area contributed by atoms with E-state index in [9.17, 15) is 0 Å². The molecule has 0 aromatic rings. The highest BCUT2D eigenvalue weighted by molar-refractivity contribution is 4.54. The Hall–Kier alpha value is 0. The molecule has 0 unspecified atom stereocenters. The lowest BCUT2D eigenvalue weighted by Crippen LogP contribution is -1.85. The smallest absolute Gasteiger partial charge is 0.0533 e. The van der Waals surface area contributed by atoms with Gasteiger partial charge in [0.1, 0.15) is 0 Å². The summed E-state index contributed by atoms with van der Waals surface area (Å²) in [6, 6.07) is 0. The van der Waals surface area contributed by atoms with Gasteiger partial charge in [0.2, 0.25) is 0 Å². The average Bonchev–Trinajstić information content (AvgIpc) is 2.86. The number of rotatable bonds is 0. The second kappa shape index (κ2) is 37.0. The maximum absolute atomic E-state index is 1.50. The van der Waals surface area contributed by atoms with Crippen LogP contribution < -0.4 is 0 Å². The van der Waals surface area contributed by atoms with Gasteiger partial charge >= 0.3 is 0 Å². The lowest BCUT2D eigenvalue weighted by atomic mass is 10.0.